The van der Waals surface area contributed by atoms with E-state index in [9.17, 15) is 4.79 Å². The average Bonchev–Trinajstić information content (AvgIpc) is 2.45. The largest absolute Gasteiger partial charge is 0.493 e. The summed E-state index contributed by atoms with van der Waals surface area (Å²) in [6.07, 6.45) is 1.02. The van der Waals surface area contributed by atoms with Gasteiger partial charge in [0.2, 0.25) is 5.91 Å². The lowest BCUT2D eigenvalue weighted by Crippen LogP contribution is -2.30. The summed E-state index contributed by atoms with van der Waals surface area (Å²) in [7, 11) is 3.16. The van der Waals surface area contributed by atoms with Crippen LogP contribution in [-0.4, -0.2) is 38.1 Å². The molecule has 0 saturated heterocycles. The van der Waals surface area contributed by atoms with Crippen LogP contribution in [0.1, 0.15) is 25.8 Å². The molecule has 0 unspecified atom stereocenters. The van der Waals surface area contributed by atoms with E-state index in [0.29, 0.717) is 30.0 Å². The van der Waals surface area contributed by atoms with Crippen LogP contribution in [0.15, 0.2) is 12.1 Å². The van der Waals surface area contributed by atoms with E-state index >= 15 is 0 Å². The smallest absolute Gasteiger partial charge is 0.222 e. The number of nitrogen functional groups attached to an aromatic ring is 1. The van der Waals surface area contributed by atoms with Crippen molar-refractivity contribution in [1.82, 2.24) is 4.90 Å². The van der Waals surface area contributed by atoms with Gasteiger partial charge >= 0.3 is 0 Å². The zero-order valence-corrected chi connectivity index (χ0v) is 12.7. The van der Waals surface area contributed by atoms with Crippen LogP contribution in [-0.2, 0) is 11.2 Å². The van der Waals surface area contributed by atoms with E-state index in [2.05, 4.69) is 0 Å². The molecule has 5 nitrogen and oxygen atoms in total. The number of nitrogens with zero attached hydrogens (tertiary/aromatic N) is 1. The molecule has 0 heterocycles. The molecule has 20 heavy (non-hydrogen) atoms. The average molecular weight is 280 g/mol. The predicted molar refractivity (Wildman–Crippen MR) is 80.2 cm³/mol. The van der Waals surface area contributed by atoms with Crippen molar-refractivity contribution in [2.24, 2.45) is 0 Å². The highest BCUT2D eigenvalue weighted by Gasteiger charge is 2.15. The molecular weight excluding hydrogens is 256 g/mol. The van der Waals surface area contributed by atoms with Gasteiger partial charge in [0.15, 0.2) is 11.5 Å². The van der Waals surface area contributed by atoms with Gasteiger partial charge in [-0.3, -0.25) is 4.79 Å². The summed E-state index contributed by atoms with van der Waals surface area (Å²) in [5.41, 5.74) is 7.34. The predicted octanol–water partition coefficient (Wildman–Crippen LogP) is 2.09. The number of carbonyl (C=O) groups is 1. The first-order valence-corrected chi connectivity index (χ1v) is 6.85. The molecule has 0 atom stereocenters. The zero-order chi connectivity index (χ0) is 15.1. The third-order valence-electron chi connectivity index (χ3n) is 3.30. The van der Waals surface area contributed by atoms with Crippen molar-refractivity contribution in [2.45, 2.75) is 26.7 Å². The van der Waals surface area contributed by atoms with E-state index in [0.717, 1.165) is 18.7 Å². The Balaban J connectivity index is 2.87. The summed E-state index contributed by atoms with van der Waals surface area (Å²) >= 11 is 0. The molecular formula is C15H24N2O3. The van der Waals surface area contributed by atoms with Gasteiger partial charge in [-0.1, -0.05) is 0 Å². The highest BCUT2D eigenvalue weighted by atomic mass is 16.5. The van der Waals surface area contributed by atoms with Gasteiger partial charge in [-0.2, -0.15) is 0 Å². The minimum Gasteiger partial charge on any atom is -0.493 e. The van der Waals surface area contributed by atoms with E-state index in [1.807, 2.05) is 24.8 Å². The zero-order valence-electron chi connectivity index (χ0n) is 12.7. The van der Waals surface area contributed by atoms with Gasteiger partial charge in [-0.15, -0.1) is 0 Å². The second kappa shape index (κ2) is 7.62. The number of methoxy groups -OCH3 is 2. The summed E-state index contributed by atoms with van der Waals surface area (Å²) in [5, 5.41) is 0. The molecule has 0 aliphatic carbocycles. The third kappa shape index (κ3) is 3.79. The molecule has 1 aromatic carbocycles. The number of benzene rings is 1. The van der Waals surface area contributed by atoms with Gasteiger partial charge in [0.25, 0.3) is 0 Å². The number of hydrogen-bond donors (Lipinski definition) is 1. The van der Waals surface area contributed by atoms with E-state index in [4.69, 9.17) is 15.2 Å². The summed E-state index contributed by atoms with van der Waals surface area (Å²) < 4.78 is 10.6. The first-order chi connectivity index (χ1) is 9.57. The van der Waals surface area contributed by atoms with Gasteiger partial charge in [-0.05, 0) is 26.3 Å². The van der Waals surface area contributed by atoms with Crippen LogP contribution >= 0.6 is 0 Å². The maximum absolute atomic E-state index is 12.0. The monoisotopic (exact) mass is 280 g/mol. The number of ether oxygens (including phenoxy) is 2. The summed E-state index contributed by atoms with van der Waals surface area (Å²) in [6, 6.07) is 3.55. The molecule has 2 N–H and O–H groups in total. The van der Waals surface area contributed by atoms with Crippen molar-refractivity contribution < 1.29 is 14.3 Å². The first kappa shape index (κ1) is 16.1. The second-order valence-electron chi connectivity index (χ2n) is 4.48. The lowest BCUT2D eigenvalue weighted by Gasteiger charge is -2.19. The number of amides is 1. The maximum atomic E-state index is 12.0. The van der Waals surface area contributed by atoms with E-state index in [1.165, 1.54) is 0 Å². The number of nitrogens with two attached hydrogens (primary N) is 1. The summed E-state index contributed by atoms with van der Waals surface area (Å²) in [5.74, 6) is 1.38. The van der Waals surface area contributed by atoms with Crippen LogP contribution in [0, 0.1) is 0 Å². The lowest BCUT2D eigenvalue weighted by atomic mass is 10.1. The number of hydrogen-bond acceptors (Lipinski definition) is 4. The van der Waals surface area contributed by atoms with Crippen LogP contribution < -0.4 is 15.2 Å². The van der Waals surface area contributed by atoms with Crippen molar-refractivity contribution in [1.29, 1.82) is 0 Å². The Hall–Kier alpha value is -1.91. The van der Waals surface area contributed by atoms with Gasteiger partial charge in [0, 0.05) is 36.8 Å². The molecule has 0 fully saturated rings. The number of rotatable bonds is 7. The SMILES string of the molecule is CCN(CC)C(=O)CCc1cc(N)cc(OC)c1OC. The highest BCUT2D eigenvalue weighted by molar-refractivity contribution is 5.76. The summed E-state index contributed by atoms with van der Waals surface area (Å²) in [4.78, 5) is 13.9. The molecule has 112 valence electrons. The van der Waals surface area contributed by atoms with E-state index < -0.39 is 0 Å². The number of aryl methyl sites for hydroxylation is 1. The third-order valence-corrected chi connectivity index (χ3v) is 3.30. The molecule has 0 aliphatic heterocycles. The fourth-order valence-electron chi connectivity index (χ4n) is 2.23. The van der Waals surface area contributed by atoms with Crippen molar-refractivity contribution in [3.8, 4) is 11.5 Å². The minimum absolute atomic E-state index is 0.137. The molecule has 1 amide bonds. The van der Waals surface area contributed by atoms with Crippen molar-refractivity contribution in [2.75, 3.05) is 33.0 Å². The Bertz CT molecular complexity index is 457. The molecule has 0 radical (unpaired) electrons. The molecule has 1 aromatic rings. The van der Waals surface area contributed by atoms with Crippen LogP contribution in [0.5, 0.6) is 11.5 Å². The Morgan fingerprint density at radius 2 is 1.85 bits per heavy atom. The molecule has 5 heteroatoms. The molecule has 1 rings (SSSR count). The molecule has 0 bridgehead atoms. The Morgan fingerprint density at radius 1 is 1.20 bits per heavy atom. The van der Waals surface area contributed by atoms with Gasteiger partial charge in [0.1, 0.15) is 0 Å². The lowest BCUT2D eigenvalue weighted by molar-refractivity contribution is -0.130. The minimum atomic E-state index is 0.137. The Morgan fingerprint density at radius 3 is 2.35 bits per heavy atom. The molecule has 0 aromatic heterocycles. The standard InChI is InChI=1S/C15H24N2O3/c1-5-17(6-2)14(18)8-7-11-9-12(16)10-13(19-3)15(11)20-4/h9-10H,5-8,16H2,1-4H3. The van der Waals surface area contributed by atoms with Crippen LogP contribution in [0.2, 0.25) is 0 Å². The Labute approximate surface area is 120 Å². The number of carbonyl (C=O) groups excluding carboxylic acids is 1. The molecule has 0 spiro atoms. The van der Waals surface area contributed by atoms with Gasteiger partial charge in [-0.25, -0.2) is 0 Å². The maximum Gasteiger partial charge on any atom is 0.222 e. The fourth-order valence-corrected chi connectivity index (χ4v) is 2.23. The van der Waals surface area contributed by atoms with Crippen LogP contribution in [0.3, 0.4) is 0 Å². The fraction of sp³-hybridized carbons (Fsp3) is 0.533. The molecule has 0 aliphatic rings. The quantitative estimate of drug-likeness (QED) is 0.777. The van der Waals surface area contributed by atoms with Crippen molar-refractivity contribution in [3.05, 3.63) is 17.7 Å². The second-order valence-corrected chi connectivity index (χ2v) is 4.48. The topological polar surface area (TPSA) is 64.8 Å². The number of anilines is 1. The summed E-state index contributed by atoms with van der Waals surface area (Å²) in [6.45, 7) is 5.41. The molecule has 0 saturated carbocycles. The van der Waals surface area contributed by atoms with Crippen molar-refractivity contribution in [3.63, 3.8) is 0 Å². The van der Waals surface area contributed by atoms with Crippen molar-refractivity contribution >= 4 is 11.6 Å². The van der Waals surface area contributed by atoms with Crippen LogP contribution in [0.4, 0.5) is 5.69 Å². The van der Waals surface area contributed by atoms with E-state index in [-0.39, 0.29) is 5.91 Å². The van der Waals surface area contributed by atoms with Gasteiger partial charge in [0.05, 0.1) is 14.2 Å². The first-order valence-electron chi connectivity index (χ1n) is 6.85. The van der Waals surface area contributed by atoms with E-state index in [1.54, 1.807) is 20.3 Å². The highest BCUT2D eigenvalue weighted by Crippen LogP contribution is 2.34. The Kier molecular flexibility index (Phi) is 6.15. The van der Waals surface area contributed by atoms with Crippen LogP contribution in [0.25, 0.3) is 0 Å². The van der Waals surface area contributed by atoms with Gasteiger partial charge < -0.3 is 20.1 Å². The normalized spacial score (nSPS) is 10.2.